The highest BCUT2D eigenvalue weighted by Crippen LogP contribution is 2.35. The van der Waals surface area contributed by atoms with E-state index in [0.717, 1.165) is 37.0 Å². The van der Waals surface area contributed by atoms with Crippen molar-refractivity contribution in [1.82, 2.24) is 0 Å². The van der Waals surface area contributed by atoms with E-state index < -0.39 is 6.10 Å². The molecular weight excluding hydrogens is 264 g/mol. The largest absolute Gasteiger partial charge is 0.496 e. The molecule has 3 nitrogen and oxygen atoms in total. The fourth-order valence-electron chi connectivity index (χ4n) is 3.45. The van der Waals surface area contributed by atoms with Crippen LogP contribution in [0.2, 0.25) is 0 Å². The van der Waals surface area contributed by atoms with Crippen LogP contribution < -0.4 is 4.74 Å². The van der Waals surface area contributed by atoms with Gasteiger partial charge in [-0.15, -0.1) is 0 Å². The Bertz CT molecular complexity index is 422. The van der Waals surface area contributed by atoms with Crippen LogP contribution in [-0.4, -0.2) is 30.5 Å². The smallest absolute Gasteiger partial charge is 0.122 e. The Labute approximate surface area is 128 Å². The van der Waals surface area contributed by atoms with Gasteiger partial charge in [0.15, 0.2) is 0 Å². The molecule has 0 bridgehead atoms. The Morgan fingerprint density at radius 1 is 1.14 bits per heavy atom. The number of aliphatic hydroxyl groups is 1. The Morgan fingerprint density at radius 3 is 2.43 bits per heavy atom. The first-order chi connectivity index (χ1) is 10.2. The number of hydrogen-bond donors (Lipinski definition) is 1. The van der Waals surface area contributed by atoms with E-state index in [4.69, 9.17) is 9.47 Å². The summed E-state index contributed by atoms with van der Waals surface area (Å²) in [5.74, 6) is 0.844. The van der Waals surface area contributed by atoms with Gasteiger partial charge < -0.3 is 14.6 Å². The minimum atomic E-state index is -0.480. The van der Waals surface area contributed by atoms with Crippen LogP contribution in [0.5, 0.6) is 5.75 Å². The van der Waals surface area contributed by atoms with Gasteiger partial charge in [0, 0.05) is 13.0 Å². The van der Waals surface area contributed by atoms with Crippen molar-refractivity contribution in [1.29, 1.82) is 0 Å². The molecule has 118 valence electrons. The first-order valence-electron chi connectivity index (χ1n) is 8.16. The number of methoxy groups -OCH3 is 1. The van der Waals surface area contributed by atoms with Crippen LogP contribution in [0.25, 0.3) is 0 Å². The minimum Gasteiger partial charge on any atom is -0.496 e. The molecule has 0 amide bonds. The van der Waals surface area contributed by atoms with Gasteiger partial charge in [0.25, 0.3) is 0 Å². The zero-order valence-electron chi connectivity index (χ0n) is 13.3. The van der Waals surface area contributed by atoms with Crippen LogP contribution in [0.4, 0.5) is 0 Å². The first kappa shape index (κ1) is 16.3. The van der Waals surface area contributed by atoms with Gasteiger partial charge in [-0.25, -0.2) is 0 Å². The molecule has 0 radical (unpaired) electrons. The third kappa shape index (κ3) is 3.98. The van der Waals surface area contributed by atoms with E-state index in [2.05, 4.69) is 0 Å². The molecule has 3 heteroatoms. The normalized spacial score (nSPS) is 19.8. The second kappa shape index (κ2) is 7.81. The van der Waals surface area contributed by atoms with Gasteiger partial charge in [-0.05, 0) is 31.4 Å². The summed E-state index contributed by atoms with van der Waals surface area (Å²) < 4.78 is 11.5. The summed E-state index contributed by atoms with van der Waals surface area (Å²) in [6.45, 7) is 2.67. The summed E-state index contributed by atoms with van der Waals surface area (Å²) in [5.41, 5.74) is 0.669. The number of aliphatic hydroxyl groups excluding tert-OH is 1. The third-order valence-corrected chi connectivity index (χ3v) is 4.59. The topological polar surface area (TPSA) is 38.7 Å². The second-order valence-corrected chi connectivity index (χ2v) is 5.94. The molecule has 21 heavy (non-hydrogen) atoms. The van der Waals surface area contributed by atoms with Gasteiger partial charge in [0.2, 0.25) is 0 Å². The van der Waals surface area contributed by atoms with Crippen molar-refractivity contribution in [2.45, 2.75) is 63.6 Å². The number of hydrogen-bond acceptors (Lipinski definition) is 3. The fraction of sp³-hybridized carbons (Fsp3) is 0.667. The molecule has 0 saturated heterocycles. The first-order valence-corrected chi connectivity index (χ1v) is 8.16. The average Bonchev–Trinajstić information content (AvgIpc) is 2.75. The SMILES string of the molecule is CCOC1(C(O)Cc2ccccc2OC)CCCCCC1. The lowest BCUT2D eigenvalue weighted by Crippen LogP contribution is -2.46. The molecule has 1 aliphatic carbocycles. The standard InChI is InChI=1S/C18H28O3/c1-3-21-18(12-8-4-5-9-13-18)17(19)14-15-10-6-7-11-16(15)20-2/h6-7,10-11,17,19H,3-5,8-9,12-14H2,1-2H3. The minimum absolute atomic E-state index is 0.383. The fourth-order valence-corrected chi connectivity index (χ4v) is 3.45. The molecule has 1 aliphatic rings. The number of benzene rings is 1. The van der Waals surface area contributed by atoms with E-state index in [-0.39, 0.29) is 5.60 Å². The molecule has 0 spiro atoms. The van der Waals surface area contributed by atoms with E-state index in [1.54, 1.807) is 7.11 Å². The Hall–Kier alpha value is -1.06. The highest BCUT2D eigenvalue weighted by atomic mass is 16.5. The summed E-state index contributed by atoms with van der Waals surface area (Å²) in [4.78, 5) is 0. The van der Waals surface area contributed by atoms with E-state index >= 15 is 0 Å². The van der Waals surface area contributed by atoms with Gasteiger partial charge in [-0.3, -0.25) is 0 Å². The number of ether oxygens (including phenoxy) is 2. The lowest BCUT2D eigenvalue weighted by atomic mass is 9.84. The highest BCUT2D eigenvalue weighted by molar-refractivity contribution is 5.34. The lowest BCUT2D eigenvalue weighted by molar-refractivity contribution is -0.128. The Kier molecular flexibility index (Phi) is 6.07. The summed E-state index contributed by atoms with van der Waals surface area (Å²) in [7, 11) is 1.68. The predicted molar refractivity (Wildman–Crippen MR) is 84.8 cm³/mol. The number of para-hydroxylation sites is 1. The van der Waals surface area contributed by atoms with Gasteiger partial charge in [0.1, 0.15) is 5.75 Å². The van der Waals surface area contributed by atoms with Crippen molar-refractivity contribution >= 4 is 0 Å². The maximum absolute atomic E-state index is 10.9. The molecule has 1 saturated carbocycles. The van der Waals surface area contributed by atoms with Crippen molar-refractivity contribution in [3.63, 3.8) is 0 Å². The van der Waals surface area contributed by atoms with Crippen molar-refractivity contribution in [2.24, 2.45) is 0 Å². The van der Waals surface area contributed by atoms with Crippen molar-refractivity contribution in [2.75, 3.05) is 13.7 Å². The maximum Gasteiger partial charge on any atom is 0.122 e. The molecule has 0 heterocycles. The summed E-state index contributed by atoms with van der Waals surface area (Å²) >= 11 is 0. The average molecular weight is 292 g/mol. The molecule has 2 rings (SSSR count). The van der Waals surface area contributed by atoms with E-state index in [9.17, 15) is 5.11 Å². The highest BCUT2D eigenvalue weighted by Gasteiger charge is 2.39. The molecule has 0 aliphatic heterocycles. The van der Waals surface area contributed by atoms with E-state index in [1.165, 1.54) is 12.8 Å². The van der Waals surface area contributed by atoms with Crippen LogP contribution in [0.3, 0.4) is 0 Å². The van der Waals surface area contributed by atoms with Crippen molar-refractivity contribution < 1.29 is 14.6 Å². The molecule has 1 atom stereocenters. The molecule has 0 aromatic heterocycles. The lowest BCUT2D eigenvalue weighted by Gasteiger charge is -2.37. The predicted octanol–water partition coefficient (Wildman–Crippen LogP) is 3.73. The second-order valence-electron chi connectivity index (χ2n) is 5.94. The van der Waals surface area contributed by atoms with Crippen LogP contribution >= 0.6 is 0 Å². The quantitative estimate of drug-likeness (QED) is 0.812. The zero-order chi connectivity index (χ0) is 15.1. The summed E-state index contributed by atoms with van der Waals surface area (Å²) in [6, 6.07) is 7.92. The monoisotopic (exact) mass is 292 g/mol. The molecule has 1 aromatic rings. The molecule has 1 aromatic carbocycles. The molecule has 1 N–H and O–H groups in total. The van der Waals surface area contributed by atoms with Crippen LogP contribution in [0.1, 0.15) is 51.0 Å². The van der Waals surface area contributed by atoms with E-state index in [1.807, 2.05) is 31.2 Å². The third-order valence-electron chi connectivity index (χ3n) is 4.59. The zero-order valence-corrected chi connectivity index (χ0v) is 13.3. The van der Waals surface area contributed by atoms with Gasteiger partial charge in [-0.1, -0.05) is 43.9 Å². The van der Waals surface area contributed by atoms with Crippen LogP contribution in [-0.2, 0) is 11.2 Å². The Balaban J connectivity index is 2.15. The Morgan fingerprint density at radius 2 is 1.81 bits per heavy atom. The molecular formula is C18H28O3. The van der Waals surface area contributed by atoms with E-state index in [0.29, 0.717) is 13.0 Å². The van der Waals surface area contributed by atoms with Gasteiger partial charge in [-0.2, -0.15) is 0 Å². The van der Waals surface area contributed by atoms with Crippen molar-refractivity contribution in [3.8, 4) is 5.75 Å². The van der Waals surface area contributed by atoms with Gasteiger partial charge in [0.05, 0.1) is 18.8 Å². The van der Waals surface area contributed by atoms with Crippen LogP contribution in [0, 0.1) is 0 Å². The molecule has 1 fully saturated rings. The molecule has 1 unspecified atom stereocenters. The van der Waals surface area contributed by atoms with Crippen molar-refractivity contribution in [3.05, 3.63) is 29.8 Å². The summed E-state index contributed by atoms with van der Waals surface area (Å²) in [6.07, 6.45) is 6.79. The number of rotatable bonds is 6. The summed E-state index contributed by atoms with van der Waals surface area (Å²) in [5, 5.41) is 10.9. The van der Waals surface area contributed by atoms with Crippen LogP contribution in [0.15, 0.2) is 24.3 Å². The van der Waals surface area contributed by atoms with Gasteiger partial charge >= 0.3 is 0 Å². The maximum atomic E-state index is 10.9.